The van der Waals surface area contributed by atoms with Crippen LogP contribution >= 0.6 is 0 Å². The molecule has 0 amide bonds. The molecule has 0 aliphatic carbocycles. The van der Waals surface area contributed by atoms with Gasteiger partial charge in [-0.25, -0.2) is 0 Å². The molecule has 3 rings (SSSR count). The fourth-order valence-electron chi connectivity index (χ4n) is 3.40. The molecule has 94 valence electrons. The summed E-state index contributed by atoms with van der Waals surface area (Å²) in [5.74, 6) is 0. The van der Waals surface area contributed by atoms with Crippen LogP contribution < -0.4 is 0 Å². The molecule has 0 aromatic carbocycles. The first-order chi connectivity index (χ1) is 7.62. The minimum absolute atomic E-state index is 0.831. The molecule has 3 saturated heterocycles. The molecule has 0 radical (unpaired) electrons. The van der Waals surface area contributed by atoms with Gasteiger partial charge in [-0.2, -0.15) is 0 Å². The SMILES string of the molecule is F[Si]12CCCC[Si](F)(CCCC1)CCCC2. The zero-order chi connectivity index (χ0) is 11.5. The molecular formula is C12H24F2Si2. The van der Waals surface area contributed by atoms with Crippen LogP contribution in [-0.4, -0.2) is 16.8 Å². The van der Waals surface area contributed by atoms with Crippen LogP contribution in [0.4, 0.5) is 8.22 Å². The van der Waals surface area contributed by atoms with E-state index in [2.05, 4.69) is 0 Å². The van der Waals surface area contributed by atoms with Crippen LogP contribution in [0.15, 0.2) is 0 Å². The second kappa shape index (κ2) is 5.29. The highest BCUT2D eigenvalue weighted by atomic mass is 28.4. The van der Waals surface area contributed by atoms with Gasteiger partial charge in [-0.3, -0.25) is 0 Å². The third kappa shape index (κ3) is 3.39. The Bertz CT molecular complexity index is 175. The van der Waals surface area contributed by atoms with E-state index in [4.69, 9.17) is 0 Å². The van der Waals surface area contributed by atoms with Crippen LogP contribution in [-0.2, 0) is 0 Å². The van der Waals surface area contributed by atoms with E-state index in [9.17, 15) is 8.22 Å². The van der Waals surface area contributed by atoms with Crippen LogP contribution in [0.3, 0.4) is 0 Å². The van der Waals surface area contributed by atoms with Crippen molar-refractivity contribution in [3.05, 3.63) is 0 Å². The van der Waals surface area contributed by atoms with E-state index in [1.807, 2.05) is 0 Å². The van der Waals surface area contributed by atoms with Crippen LogP contribution in [0, 0.1) is 0 Å². The molecule has 0 nitrogen and oxygen atoms in total. The zero-order valence-electron chi connectivity index (χ0n) is 10.2. The van der Waals surface area contributed by atoms with Crippen molar-refractivity contribution < 1.29 is 8.22 Å². The molecule has 16 heavy (non-hydrogen) atoms. The molecule has 2 bridgehead atoms. The predicted molar refractivity (Wildman–Crippen MR) is 70.3 cm³/mol. The average Bonchev–Trinajstić information content (AvgIpc) is 2.27. The van der Waals surface area contributed by atoms with E-state index in [-0.39, 0.29) is 0 Å². The van der Waals surface area contributed by atoms with Gasteiger partial charge in [0.25, 0.3) is 0 Å². The third-order valence-corrected chi connectivity index (χ3v) is 12.0. The maximum Gasteiger partial charge on any atom is 0.247 e. The molecule has 0 N–H and O–H groups in total. The maximum atomic E-state index is 14.7. The lowest BCUT2D eigenvalue weighted by atomic mass is 10.3. The highest BCUT2D eigenvalue weighted by Crippen LogP contribution is 2.38. The number of hydrogen-bond donors (Lipinski definition) is 0. The van der Waals surface area contributed by atoms with Gasteiger partial charge in [0.2, 0.25) is 16.8 Å². The summed E-state index contributed by atoms with van der Waals surface area (Å²) in [4.78, 5) is 0. The van der Waals surface area contributed by atoms with Gasteiger partial charge < -0.3 is 8.22 Å². The predicted octanol–water partition coefficient (Wildman–Crippen LogP) is 5.18. The molecule has 0 atom stereocenters. The fraction of sp³-hybridized carbons (Fsp3) is 1.00. The Morgan fingerprint density at radius 2 is 0.625 bits per heavy atom. The molecule has 0 unspecified atom stereocenters. The summed E-state index contributed by atoms with van der Waals surface area (Å²) in [6, 6.07) is 4.99. The van der Waals surface area contributed by atoms with Gasteiger partial charge in [0.15, 0.2) is 0 Å². The van der Waals surface area contributed by atoms with Gasteiger partial charge in [-0.1, -0.05) is 38.5 Å². The van der Waals surface area contributed by atoms with E-state index in [1.54, 1.807) is 0 Å². The summed E-state index contributed by atoms with van der Waals surface area (Å²) in [5.41, 5.74) is 0. The highest BCUT2D eigenvalue weighted by Gasteiger charge is 2.39. The molecular weight excluding hydrogens is 238 g/mol. The van der Waals surface area contributed by atoms with Gasteiger partial charge in [-0.15, -0.1) is 0 Å². The Morgan fingerprint density at radius 1 is 0.438 bits per heavy atom. The molecule has 3 aliphatic heterocycles. The Balaban J connectivity index is 2.08. The molecule has 0 spiro atoms. The molecule has 3 fully saturated rings. The summed E-state index contributed by atoms with van der Waals surface area (Å²) in [7, 11) is -4.80. The van der Waals surface area contributed by atoms with Gasteiger partial charge in [0.1, 0.15) is 0 Å². The lowest BCUT2D eigenvalue weighted by molar-refractivity contribution is 0.612. The standard InChI is InChI=1S/C12H24F2Si2/c13-15-7-1-2-8-16(14,11-5-3-9-15)12-6-4-10-15/h1-12H2. The molecule has 4 heteroatoms. The quantitative estimate of drug-likeness (QED) is 0.416. The van der Waals surface area contributed by atoms with E-state index >= 15 is 0 Å². The first-order valence-corrected chi connectivity index (χ1v) is 12.0. The van der Waals surface area contributed by atoms with Crippen molar-refractivity contribution in [2.75, 3.05) is 0 Å². The summed E-state index contributed by atoms with van der Waals surface area (Å²) < 4.78 is 29.4. The van der Waals surface area contributed by atoms with Gasteiger partial charge in [-0.05, 0) is 36.3 Å². The van der Waals surface area contributed by atoms with Crippen LogP contribution in [0.1, 0.15) is 38.5 Å². The summed E-state index contributed by atoms with van der Waals surface area (Å²) >= 11 is 0. The molecule has 3 aliphatic rings. The minimum atomic E-state index is -2.40. The van der Waals surface area contributed by atoms with Gasteiger partial charge >= 0.3 is 0 Å². The van der Waals surface area contributed by atoms with Crippen molar-refractivity contribution in [1.29, 1.82) is 0 Å². The number of fused-ring (bicyclic) bond motifs is 9. The lowest BCUT2D eigenvalue weighted by Gasteiger charge is -2.30. The van der Waals surface area contributed by atoms with E-state index in [0.29, 0.717) is 0 Å². The van der Waals surface area contributed by atoms with Crippen molar-refractivity contribution in [3.8, 4) is 0 Å². The second-order valence-corrected chi connectivity index (χ2v) is 13.5. The Kier molecular flexibility index (Phi) is 4.22. The minimum Gasteiger partial charge on any atom is -0.314 e. The van der Waals surface area contributed by atoms with Crippen LogP contribution in [0.25, 0.3) is 0 Å². The topological polar surface area (TPSA) is 0 Å². The molecule has 3 heterocycles. The van der Waals surface area contributed by atoms with Crippen LogP contribution in [0.2, 0.25) is 36.3 Å². The second-order valence-electron chi connectivity index (χ2n) is 5.92. The van der Waals surface area contributed by atoms with Crippen LogP contribution in [0.5, 0.6) is 0 Å². The normalized spacial score (nSPS) is 42.4. The van der Waals surface area contributed by atoms with Crippen molar-refractivity contribution in [2.45, 2.75) is 74.8 Å². The largest absolute Gasteiger partial charge is 0.314 e. The van der Waals surface area contributed by atoms with E-state index in [0.717, 1.165) is 74.8 Å². The number of rotatable bonds is 0. The van der Waals surface area contributed by atoms with E-state index < -0.39 is 16.8 Å². The van der Waals surface area contributed by atoms with E-state index in [1.165, 1.54) is 0 Å². The molecule has 0 aromatic rings. The first-order valence-electron chi connectivity index (χ1n) is 7.00. The van der Waals surface area contributed by atoms with Crippen molar-refractivity contribution >= 4 is 16.8 Å². The monoisotopic (exact) mass is 262 g/mol. The average molecular weight is 262 g/mol. The molecule has 0 saturated carbocycles. The van der Waals surface area contributed by atoms with Gasteiger partial charge in [0.05, 0.1) is 0 Å². The molecule has 0 aromatic heterocycles. The smallest absolute Gasteiger partial charge is 0.247 e. The van der Waals surface area contributed by atoms with Crippen molar-refractivity contribution in [3.63, 3.8) is 0 Å². The maximum absolute atomic E-state index is 14.7. The fourth-order valence-corrected chi connectivity index (χ4v) is 10.2. The lowest BCUT2D eigenvalue weighted by Crippen LogP contribution is -2.34. The number of hydrogen-bond acceptors (Lipinski definition) is 0. The summed E-state index contributed by atoms with van der Waals surface area (Å²) in [6.45, 7) is 0. The first kappa shape index (κ1) is 12.7. The number of halogens is 2. The Labute approximate surface area is 100 Å². The van der Waals surface area contributed by atoms with Gasteiger partial charge in [0, 0.05) is 0 Å². The van der Waals surface area contributed by atoms with Crippen molar-refractivity contribution in [1.82, 2.24) is 0 Å². The zero-order valence-corrected chi connectivity index (χ0v) is 12.2. The summed E-state index contributed by atoms with van der Waals surface area (Å²) in [6.07, 6.45) is 5.84. The summed E-state index contributed by atoms with van der Waals surface area (Å²) in [5, 5.41) is 0. The Hall–Kier alpha value is 0.294. The highest BCUT2D eigenvalue weighted by molar-refractivity contribution is 6.74. The van der Waals surface area contributed by atoms with Crippen molar-refractivity contribution in [2.24, 2.45) is 0 Å². The third-order valence-electron chi connectivity index (χ3n) is 4.50. The Morgan fingerprint density at radius 3 is 0.812 bits per heavy atom.